The third-order valence-electron chi connectivity index (χ3n) is 4.32. The Hall–Kier alpha value is -3.07. The van der Waals surface area contributed by atoms with E-state index < -0.39 is 20.5 Å². The second kappa shape index (κ2) is 7.16. The van der Waals surface area contributed by atoms with Crippen LogP contribution >= 0.6 is 0 Å². The van der Waals surface area contributed by atoms with Crippen LogP contribution in [0.15, 0.2) is 78.3 Å². The first-order valence-corrected chi connectivity index (χ1v) is 10.3. The molecule has 28 heavy (non-hydrogen) atoms. The summed E-state index contributed by atoms with van der Waals surface area (Å²) in [6.45, 7) is 3.40. The Kier molecular flexibility index (Phi) is 5.03. The molecule has 0 aliphatic rings. The summed E-state index contributed by atoms with van der Waals surface area (Å²) in [7, 11) is -2.27. The first kappa shape index (κ1) is 19.7. The van der Waals surface area contributed by atoms with E-state index in [9.17, 15) is 18.4 Å². The Bertz CT molecular complexity index is 1150. The largest absolute Gasteiger partial charge is 0.396 e. The Balaban J connectivity index is 2.33. The lowest BCUT2D eigenvalue weighted by molar-refractivity contribution is -0.184. The maximum Gasteiger partial charge on any atom is 0.396 e. The van der Waals surface area contributed by atoms with E-state index in [1.807, 2.05) is 30.3 Å². The predicted molar refractivity (Wildman–Crippen MR) is 107 cm³/mol. The average Bonchev–Trinajstić information content (AvgIpc) is 3.13. The standard InChI is InChI=1S/C20H20N3O4S/c1-4-19(24)23(2,25)22-14-17(20(21-22)15-10-6-5-7-11-15)16-12-8-9-13-18(16)28(3,26)27/h4-14,25H,1H2,2-3H3/q+1. The second-order valence-electron chi connectivity index (χ2n) is 6.40. The van der Waals surface area contributed by atoms with Gasteiger partial charge in [0.2, 0.25) is 0 Å². The van der Waals surface area contributed by atoms with Crippen LogP contribution in [0.25, 0.3) is 22.4 Å². The number of hydrogen-bond donors (Lipinski definition) is 1. The van der Waals surface area contributed by atoms with Gasteiger partial charge in [-0.1, -0.05) is 59.9 Å². The van der Waals surface area contributed by atoms with Crippen molar-refractivity contribution in [3.05, 3.63) is 73.4 Å². The molecule has 2 aromatic carbocycles. The van der Waals surface area contributed by atoms with E-state index in [4.69, 9.17) is 0 Å². The summed E-state index contributed by atoms with van der Waals surface area (Å²) < 4.78 is 23.4. The van der Waals surface area contributed by atoms with E-state index >= 15 is 0 Å². The number of hydrogen-bond acceptors (Lipinski definition) is 5. The zero-order valence-electron chi connectivity index (χ0n) is 15.5. The van der Waals surface area contributed by atoms with Gasteiger partial charge >= 0.3 is 5.91 Å². The number of rotatable bonds is 5. The van der Waals surface area contributed by atoms with Gasteiger partial charge in [0, 0.05) is 29.0 Å². The molecule has 3 rings (SSSR count). The number of amides is 1. The van der Waals surface area contributed by atoms with Crippen LogP contribution in [0.4, 0.5) is 0 Å². The normalized spacial score (nSPS) is 13.7. The highest BCUT2D eigenvalue weighted by Crippen LogP contribution is 2.35. The quantitative estimate of drug-likeness (QED) is 0.309. The van der Waals surface area contributed by atoms with Crippen LogP contribution in [0, 0.1) is 0 Å². The van der Waals surface area contributed by atoms with Crippen LogP contribution in [-0.2, 0) is 14.6 Å². The van der Waals surface area contributed by atoms with Crippen molar-refractivity contribution in [2.45, 2.75) is 4.90 Å². The predicted octanol–water partition coefficient (Wildman–Crippen LogP) is 2.79. The lowest BCUT2D eigenvalue weighted by atomic mass is 10.0. The fraction of sp³-hybridized carbons (Fsp3) is 0.100. The third kappa shape index (κ3) is 3.53. The molecule has 1 heterocycles. The van der Waals surface area contributed by atoms with Gasteiger partial charge in [-0.3, -0.25) is 0 Å². The second-order valence-corrected chi connectivity index (χ2v) is 8.39. The Morgan fingerprint density at radius 2 is 1.71 bits per heavy atom. The Morgan fingerprint density at radius 1 is 1.11 bits per heavy atom. The van der Waals surface area contributed by atoms with Gasteiger partial charge < -0.3 is 0 Å². The van der Waals surface area contributed by atoms with Crippen molar-refractivity contribution >= 4 is 15.7 Å². The van der Waals surface area contributed by atoms with Gasteiger partial charge in [-0.2, -0.15) is 5.21 Å². The van der Waals surface area contributed by atoms with Gasteiger partial charge in [0.1, 0.15) is 12.7 Å². The zero-order chi connectivity index (χ0) is 20.5. The van der Waals surface area contributed by atoms with Gasteiger partial charge in [-0.05, 0) is 10.8 Å². The van der Waals surface area contributed by atoms with E-state index in [1.165, 1.54) is 19.3 Å². The Labute approximate surface area is 163 Å². The van der Waals surface area contributed by atoms with Crippen LogP contribution in [0.5, 0.6) is 0 Å². The fourth-order valence-corrected chi connectivity index (χ4v) is 3.76. The summed E-state index contributed by atoms with van der Waals surface area (Å²) in [5, 5.41) is 15.0. The number of nitrogens with zero attached hydrogens (tertiary/aromatic N) is 3. The molecular weight excluding hydrogens is 378 g/mol. The number of sulfone groups is 1. The SMILES string of the molecule is C=CC(=O)[N+](C)(O)n1cc(-c2ccccc2S(C)(=O)=O)c(-c2ccccc2)n1. The summed E-state index contributed by atoms with van der Waals surface area (Å²) >= 11 is 0. The highest BCUT2D eigenvalue weighted by atomic mass is 32.2. The van der Waals surface area contributed by atoms with E-state index in [0.29, 0.717) is 22.4 Å². The van der Waals surface area contributed by atoms with Gasteiger partial charge in [0.25, 0.3) is 0 Å². The van der Waals surface area contributed by atoms with Crippen LogP contribution in [0.2, 0.25) is 0 Å². The molecule has 0 spiro atoms. The molecule has 1 N–H and O–H groups in total. The third-order valence-corrected chi connectivity index (χ3v) is 5.47. The minimum Gasteiger partial charge on any atom is -0.224 e. The molecule has 7 nitrogen and oxygen atoms in total. The molecule has 0 aliphatic carbocycles. The summed E-state index contributed by atoms with van der Waals surface area (Å²) in [5.74, 6) is -0.690. The molecule has 144 valence electrons. The van der Waals surface area contributed by atoms with Crippen LogP contribution in [-0.4, -0.2) is 42.7 Å². The number of benzene rings is 2. The van der Waals surface area contributed by atoms with Gasteiger partial charge in [-0.15, -0.1) is 5.10 Å². The molecule has 0 bridgehead atoms. The van der Waals surface area contributed by atoms with Crippen LogP contribution < -0.4 is 4.76 Å². The highest BCUT2D eigenvalue weighted by Gasteiger charge is 2.34. The lowest BCUT2D eigenvalue weighted by Gasteiger charge is -2.19. The number of likely N-dealkylation sites (N-methyl/N-ethyl adjacent to an activating group) is 1. The first-order chi connectivity index (χ1) is 13.2. The van der Waals surface area contributed by atoms with Crippen LogP contribution in [0.1, 0.15) is 0 Å². The highest BCUT2D eigenvalue weighted by molar-refractivity contribution is 7.90. The average molecular weight is 398 g/mol. The summed E-state index contributed by atoms with van der Waals surface area (Å²) in [4.78, 5) is 13.3. The molecule has 0 saturated carbocycles. The maximum absolute atomic E-state index is 12.3. The molecule has 1 amide bonds. The smallest absolute Gasteiger partial charge is 0.224 e. The molecule has 0 radical (unpaired) electrons. The molecule has 0 saturated heterocycles. The van der Waals surface area contributed by atoms with Gasteiger partial charge in [0.15, 0.2) is 9.84 Å². The molecule has 0 aliphatic heterocycles. The Morgan fingerprint density at radius 3 is 2.32 bits per heavy atom. The van der Waals surface area contributed by atoms with Crippen molar-refractivity contribution in [1.29, 1.82) is 0 Å². The summed E-state index contributed by atoms with van der Waals surface area (Å²) in [5.41, 5.74) is 2.06. The number of quaternary nitrogens is 1. The topological polar surface area (TPSA) is 89.3 Å². The molecule has 8 heteroatoms. The minimum atomic E-state index is -3.52. The molecule has 1 unspecified atom stereocenters. The lowest BCUT2D eigenvalue weighted by Crippen LogP contribution is -2.55. The van der Waals surface area contributed by atoms with E-state index in [-0.39, 0.29) is 4.90 Å². The van der Waals surface area contributed by atoms with Crippen molar-refractivity contribution in [2.75, 3.05) is 13.3 Å². The van der Waals surface area contributed by atoms with E-state index in [0.717, 1.165) is 17.1 Å². The zero-order valence-corrected chi connectivity index (χ0v) is 16.3. The fourth-order valence-electron chi connectivity index (χ4n) is 2.85. The van der Waals surface area contributed by atoms with Crippen LogP contribution in [0.3, 0.4) is 0 Å². The van der Waals surface area contributed by atoms with Crippen molar-refractivity contribution < 1.29 is 18.4 Å². The monoisotopic (exact) mass is 398 g/mol. The first-order valence-electron chi connectivity index (χ1n) is 8.38. The molecule has 0 fully saturated rings. The van der Waals surface area contributed by atoms with Gasteiger partial charge in [0.05, 0.1) is 11.1 Å². The van der Waals surface area contributed by atoms with Gasteiger partial charge in [-0.25, -0.2) is 13.2 Å². The maximum atomic E-state index is 12.3. The molecule has 3 aromatic rings. The van der Waals surface area contributed by atoms with Crippen molar-refractivity contribution in [2.24, 2.45) is 0 Å². The number of aromatic nitrogens is 2. The van der Waals surface area contributed by atoms with Crippen molar-refractivity contribution in [1.82, 2.24) is 14.6 Å². The molecular formula is C20H20N3O4S+. The molecule has 1 atom stereocenters. The van der Waals surface area contributed by atoms with Crippen molar-refractivity contribution in [3.8, 4) is 22.4 Å². The van der Waals surface area contributed by atoms with E-state index in [2.05, 4.69) is 11.7 Å². The van der Waals surface area contributed by atoms with Crippen molar-refractivity contribution in [3.63, 3.8) is 0 Å². The summed E-state index contributed by atoms with van der Waals surface area (Å²) in [6, 6.07) is 15.7. The minimum absolute atomic E-state index is 0.133. The molecule has 1 aromatic heterocycles. The number of hydroxylamine groups is 2. The number of carbonyl (C=O) groups is 1. The number of carbonyl (C=O) groups excluding carboxylic acids is 1. The summed E-state index contributed by atoms with van der Waals surface area (Å²) in [6.07, 6.45) is 3.58. The van der Waals surface area contributed by atoms with E-state index in [1.54, 1.807) is 18.2 Å².